The average molecular weight is 200 g/mol. The minimum atomic E-state index is -0.226. The van der Waals surface area contributed by atoms with E-state index in [1.807, 2.05) is 6.92 Å². The minimum absolute atomic E-state index is 0.226. The normalized spacial score (nSPS) is 29.1. The Morgan fingerprint density at radius 2 is 2.00 bits per heavy atom. The van der Waals surface area contributed by atoms with Gasteiger partial charge in [0.2, 0.25) is 0 Å². The van der Waals surface area contributed by atoms with E-state index in [-0.39, 0.29) is 12.1 Å². The van der Waals surface area contributed by atoms with E-state index in [0.717, 1.165) is 13.1 Å². The highest BCUT2D eigenvalue weighted by Gasteiger charge is 2.26. The van der Waals surface area contributed by atoms with Crippen LogP contribution >= 0.6 is 0 Å². The van der Waals surface area contributed by atoms with Gasteiger partial charge in [-0.05, 0) is 47.3 Å². The lowest BCUT2D eigenvalue weighted by molar-refractivity contribution is 0.0347. The zero-order valence-corrected chi connectivity index (χ0v) is 9.90. The molecule has 0 aromatic carbocycles. The maximum Gasteiger partial charge on any atom is 0.0664 e. The molecule has 3 atom stereocenters. The molecular formula is C11H24N2O. The van der Waals surface area contributed by atoms with Crippen molar-refractivity contribution in [2.24, 2.45) is 0 Å². The molecule has 0 aromatic rings. The van der Waals surface area contributed by atoms with Crippen molar-refractivity contribution in [2.45, 2.75) is 44.9 Å². The predicted octanol–water partition coefficient (Wildman–Crippen LogP) is 0.782. The van der Waals surface area contributed by atoms with Crippen molar-refractivity contribution in [1.29, 1.82) is 0 Å². The molecule has 1 heterocycles. The SMILES string of the molecule is CC(O)C(C)N1CCCC(N(C)C)C1. The fraction of sp³-hybridized carbons (Fsp3) is 1.00. The summed E-state index contributed by atoms with van der Waals surface area (Å²) in [5.41, 5.74) is 0. The molecule has 1 rings (SSSR count). The van der Waals surface area contributed by atoms with E-state index in [9.17, 15) is 5.11 Å². The third-order valence-electron chi connectivity index (χ3n) is 3.43. The summed E-state index contributed by atoms with van der Waals surface area (Å²) >= 11 is 0. The molecule has 3 nitrogen and oxygen atoms in total. The molecule has 84 valence electrons. The average Bonchev–Trinajstić information content (AvgIpc) is 2.16. The second kappa shape index (κ2) is 5.10. The fourth-order valence-corrected chi connectivity index (χ4v) is 2.08. The van der Waals surface area contributed by atoms with E-state index in [1.165, 1.54) is 12.8 Å². The Hall–Kier alpha value is -0.120. The summed E-state index contributed by atoms with van der Waals surface area (Å²) in [6.07, 6.45) is 2.31. The van der Waals surface area contributed by atoms with Crippen LogP contribution in [-0.2, 0) is 0 Å². The van der Waals surface area contributed by atoms with Gasteiger partial charge in [-0.2, -0.15) is 0 Å². The number of rotatable bonds is 3. The summed E-state index contributed by atoms with van der Waals surface area (Å²) in [5.74, 6) is 0. The van der Waals surface area contributed by atoms with E-state index < -0.39 is 0 Å². The molecule has 1 saturated heterocycles. The molecule has 0 saturated carbocycles. The van der Waals surface area contributed by atoms with Gasteiger partial charge in [-0.1, -0.05) is 0 Å². The first-order valence-electron chi connectivity index (χ1n) is 5.61. The van der Waals surface area contributed by atoms with Crippen LogP contribution in [0.15, 0.2) is 0 Å². The van der Waals surface area contributed by atoms with Crippen LogP contribution in [0.1, 0.15) is 26.7 Å². The standard InChI is InChI=1S/C11H24N2O/c1-9(10(2)14)13-7-5-6-11(8-13)12(3)4/h9-11,14H,5-8H2,1-4H3. The minimum Gasteiger partial charge on any atom is -0.392 e. The first-order chi connectivity index (χ1) is 6.52. The van der Waals surface area contributed by atoms with Gasteiger partial charge in [-0.25, -0.2) is 0 Å². The van der Waals surface area contributed by atoms with Gasteiger partial charge in [-0.3, -0.25) is 4.90 Å². The Balaban J connectivity index is 2.47. The van der Waals surface area contributed by atoms with E-state index in [1.54, 1.807) is 0 Å². The third kappa shape index (κ3) is 2.94. The largest absolute Gasteiger partial charge is 0.392 e. The first kappa shape index (κ1) is 12.0. The topological polar surface area (TPSA) is 26.7 Å². The molecule has 1 fully saturated rings. The number of piperidine rings is 1. The Kier molecular flexibility index (Phi) is 4.35. The van der Waals surface area contributed by atoms with Crippen molar-refractivity contribution >= 4 is 0 Å². The van der Waals surface area contributed by atoms with Crippen LogP contribution in [0, 0.1) is 0 Å². The quantitative estimate of drug-likeness (QED) is 0.729. The zero-order chi connectivity index (χ0) is 10.7. The third-order valence-corrected chi connectivity index (χ3v) is 3.43. The van der Waals surface area contributed by atoms with Crippen molar-refractivity contribution in [3.05, 3.63) is 0 Å². The molecule has 14 heavy (non-hydrogen) atoms. The van der Waals surface area contributed by atoms with E-state index in [4.69, 9.17) is 0 Å². The van der Waals surface area contributed by atoms with Gasteiger partial charge in [0.05, 0.1) is 6.10 Å². The van der Waals surface area contributed by atoms with Gasteiger partial charge >= 0.3 is 0 Å². The van der Waals surface area contributed by atoms with Crippen LogP contribution in [0.2, 0.25) is 0 Å². The highest BCUT2D eigenvalue weighted by Crippen LogP contribution is 2.17. The summed E-state index contributed by atoms with van der Waals surface area (Å²) < 4.78 is 0. The van der Waals surface area contributed by atoms with Gasteiger partial charge in [0.1, 0.15) is 0 Å². The summed E-state index contributed by atoms with van der Waals surface area (Å²) in [6, 6.07) is 0.947. The zero-order valence-electron chi connectivity index (χ0n) is 9.90. The van der Waals surface area contributed by atoms with Crippen molar-refractivity contribution < 1.29 is 5.11 Å². The van der Waals surface area contributed by atoms with Crippen molar-refractivity contribution in [3.63, 3.8) is 0 Å². The summed E-state index contributed by atoms with van der Waals surface area (Å²) in [5, 5.41) is 9.54. The molecule has 3 unspecified atom stereocenters. The lowest BCUT2D eigenvalue weighted by Crippen LogP contribution is -2.51. The highest BCUT2D eigenvalue weighted by molar-refractivity contribution is 4.82. The molecule has 0 amide bonds. The molecule has 0 aliphatic carbocycles. The highest BCUT2D eigenvalue weighted by atomic mass is 16.3. The van der Waals surface area contributed by atoms with Crippen molar-refractivity contribution in [1.82, 2.24) is 9.80 Å². The Labute approximate surface area is 87.7 Å². The van der Waals surface area contributed by atoms with Crippen LogP contribution in [0.4, 0.5) is 0 Å². The van der Waals surface area contributed by atoms with Crippen LogP contribution < -0.4 is 0 Å². The predicted molar refractivity (Wildman–Crippen MR) is 59.4 cm³/mol. The molecular weight excluding hydrogens is 176 g/mol. The second-order valence-electron chi connectivity index (χ2n) is 4.74. The Morgan fingerprint density at radius 1 is 1.36 bits per heavy atom. The van der Waals surface area contributed by atoms with E-state index in [0.29, 0.717) is 6.04 Å². The van der Waals surface area contributed by atoms with Crippen molar-refractivity contribution in [3.8, 4) is 0 Å². The van der Waals surface area contributed by atoms with Crippen molar-refractivity contribution in [2.75, 3.05) is 27.2 Å². The summed E-state index contributed by atoms with van der Waals surface area (Å²) in [6.45, 7) is 6.22. The molecule has 0 aromatic heterocycles. The van der Waals surface area contributed by atoms with Crippen LogP contribution in [0.5, 0.6) is 0 Å². The lowest BCUT2D eigenvalue weighted by Gasteiger charge is -2.40. The van der Waals surface area contributed by atoms with Gasteiger partial charge in [-0.15, -0.1) is 0 Å². The number of aliphatic hydroxyl groups excluding tert-OH is 1. The molecule has 1 aliphatic rings. The molecule has 0 bridgehead atoms. The number of likely N-dealkylation sites (tertiary alicyclic amines) is 1. The first-order valence-corrected chi connectivity index (χ1v) is 5.61. The molecule has 3 heteroatoms. The molecule has 1 aliphatic heterocycles. The van der Waals surface area contributed by atoms with Crippen LogP contribution in [-0.4, -0.2) is 60.3 Å². The van der Waals surface area contributed by atoms with Crippen LogP contribution in [0.25, 0.3) is 0 Å². The second-order valence-corrected chi connectivity index (χ2v) is 4.74. The fourth-order valence-electron chi connectivity index (χ4n) is 2.08. The lowest BCUT2D eigenvalue weighted by atomic mass is 10.0. The number of hydrogen-bond donors (Lipinski definition) is 1. The smallest absolute Gasteiger partial charge is 0.0664 e. The maximum atomic E-state index is 9.54. The monoisotopic (exact) mass is 200 g/mol. The van der Waals surface area contributed by atoms with E-state index in [2.05, 4.69) is 30.8 Å². The van der Waals surface area contributed by atoms with Gasteiger partial charge in [0.15, 0.2) is 0 Å². The van der Waals surface area contributed by atoms with Crippen LogP contribution in [0.3, 0.4) is 0 Å². The Bertz CT molecular complexity index is 165. The summed E-state index contributed by atoms with van der Waals surface area (Å²) in [4.78, 5) is 4.69. The van der Waals surface area contributed by atoms with Gasteiger partial charge < -0.3 is 10.0 Å². The number of aliphatic hydroxyl groups is 1. The molecule has 0 radical (unpaired) electrons. The van der Waals surface area contributed by atoms with Gasteiger partial charge in [0, 0.05) is 18.6 Å². The summed E-state index contributed by atoms with van der Waals surface area (Å²) in [7, 11) is 4.28. The number of likely N-dealkylation sites (N-methyl/N-ethyl adjacent to an activating group) is 1. The molecule has 0 spiro atoms. The Morgan fingerprint density at radius 3 is 2.50 bits per heavy atom. The number of hydrogen-bond acceptors (Lipinski definition) is 3. The van der Waals surface area contributed by atoms with E-state index >= 15 is 0 Å². The maximum absolute atomic E-state index is 9.54. The number of nitrogens with zero attached hydrogens (tertiary/aromatic N) is 2. The van der Waals surface area contributed by atoms with Gasteiger partial charge in [0.25, 0.3) is 0 Å². The molecule has 1 N–H and O–H groups in total.